The van der Waals surface area contributed by atoms with Gasteiger partial charge in [-0.1, -0.05) is 13.0 Å². The topological polar surface area (TPSA) is 35.5 Å². The predicted molar refractivity (Wildman–Crippen MR) is 82.7 cm³/mol. The van der Waals surface area contributed by atoms with E-state index < -0.39 is 5.60 Å². The van der Waals surface area contributed by atoms with Crippen LogP contribution in [0.25, 0.3) is 0 Å². The highest BCUT2D eigenvalue weighted by Gasteiger charge is 2.17. The van der Waals surface area contributed by atoms with Gasteiger partial charge in [0.1, 0.15) is 0 Å². The fourth-order valence-corrected chi connectivity index (χ4v) is 2.19. The third-order valence-electron chi connectivity index (χ3n) is 3.22. The quantitative estimate of drug-likeness (QED) is 0.795. The molecule has 108 valence electrons. The second-order valence-electron chi connectivity index (χ2n) is 5.72. The van der Waals surface area contributed by atoms with E-state index in [9.17, 15) is 5.11 Å². The van der Waals surface area contributed by atoms with Crippen LogP contribution < -0.4 is 10.2 Å². The van der Waals surface area contributed by atoms with E-state index >= 15 is 0 Å². The molecule has 0 unspecified atom stereocenters. The molecule has 0 radical (unpaired) electrons. The number of aliphatic hydroxyl groups is 1. The van der Waals surface area contributed by atoms with Gasteiger partial charge in [-0.3, -0.25) is 0 Å². The van der Waals surface area contributed by atoms with Gasteiger partial charge in [0.15, 0.2) is 0 Å². The van der Waals surface area contributed by atoms with Gasteiger partial charge in [0, 0.05) is 25.3 Å². The number of anilines is 1. The van der Waals surface area contributed by atoms with Crippen molar-refractivity contribution in [2.75, 3.05) is 24.5 Å². The summed E-state index contributed by atoms with van der Waals surface area (Å²) in [7, 11) is 0. The molecule has 0 atom stereocenters. The first-order valence-electron chi connectivity index (χ1n) is 7.15. The lowest BCUT2D eigenvalue weighted by Crippen LogP contribution is -2.38. The normalized spacial score (nSPS) is 11.7. The minimum Gasteiger partial charge on any atom is -0.389 e. The van der Waals surface area contributed by atoms with Gasteiger partial charge >= 0.3 is 0 Å². The van der Waals surface area contributed by atoms with Crippen molar-refractivity contribution in [2.24, 2.45) is 0 Å². The second kappa shape index (κ2) is 6.92. The van der Waals surface area contributed by atoms with Crippen LogP contribution in [0.5, 0.6) is 0 Å². The van der Waals surface area contributed by atoms with Gasteiger partial charge in [0.2, 0.25) is 0 Å². The Kier molecular flexibility index (Phi) is 5.83. The van der Waals surface area contributed by atoms with Gasteiger partial charge in [-0.05, 0) is 57.5 Å². The van der Waals surface area contributed by atoms with Crippen LogP contribution in [-0.4, -0.2) is 30.3 Å². The third kappa shape index (κ3) is 5.21. The van der Waals surface area contributed by atoms with Gasteiger partial charge in [0.05, 0.1) is 5.60 Å². The summed E-state index contributed by atoms with van der Waals surface area (Å²) in [4.78, 5) is 2.21. The number of nitrogens with zero attached hydrogens (tertiary/aromatic N) is 1. The number of likely N-dealkylation sites (N-methyl/N-ethyl adjacent to an activating group) is 1. The summed E-state index contributed by atoms with van der Waals surface area (Å²) in [5.74, 6) is 0. The van der Waals surface area contributed by atoms with Crippen LogP contribution in [0.15, 0.2) is 18.2 Å². The average Bonchev–Trinajstić information content (AvgIpc) is 2.33. The first-order valence-corrected chi connectivity index (χ1v) is 7.15. The maximum atomic E-state index is 9.97. The zero-order chi connectivity index (χ0) is 14.5. The molecule has 0 amide bonds. The zero-order valence-electron chi connectivity index (χ0n) is 13.0. The van der Waals surface area contributed by atoms with E-state index in [1.54, 1.807) is 0 Å². The summed E-state index contributed by atoms with van der Waals surface area (Å²) in [5.41, 5.74) is 3.15. The fourth-order valence-electron chi connectivity index (χ4n) is 2.19. The van der Waals surface area contributed by atoms with Crippen LogP contribution in [0, 0.1) is 6.92 Å². The van der Waals surface area contributed by atoms with Crippen LogP contribution in [0.1, 0.15) is 38.8 Å². The van der Waals surface area contributed by atoms with Crippen molar-refractivity contribution in [3.05, 3.63) is 29.3 Å². The molecule has 1 aromatic rings. The minimum absolute atomic E-state index is 0.648. The Bertz CT molecular complexity index is 396. The molecule has 3 heteroatoms. The molecule has 0 aliphatic heterocycles. The zero-order valence-corrected chi connectivity index (χ0v) is 13.0. The molecule has 0 saturated heterocycles. The van der Waals surface area contributed by atoms with Crippen molar-refractivity contribution in [3.8, 4) is 0 Å². The number of aryl methyl sites for hydroxylation is 1. The van der Waals surface area contributed by atoms with E-state index in [0.717, 1.165) is 19.6 Å². The molecule has 1 rings (SSSR count). The summed E-state index contributed by atoms with van der Waals surface area (Å²) in [6.45, 7) is 13.5. The molecule has 0 heterocycles. The largest absolute Gasteiger partial charge is 0.389 e. The van der Waals surface area contributed by atoms with E-state index in [2.05, 4.69) is 49.2 Å². The highest BCUT2D eigenvalue weighted by atomic mass is 16.3. The number of hydrogen-bond donors (Lipinski definition) is 2. The van der Waals surface area contributed by atoms with Crippen LogP contribution in [0.2, 0.25) is 0 Å². The maximum absolute atomic E-state index is 9.97. The number of hydrogen-bond acceptors (Lipinski definition) is 3. The summed E-state index contributed by atoms with van der Waals surface area (Å²) in [6.07, 6.45) is 0. The molecule has 3 nitrogen and oxygen atoms in total. The number of nitrogens with one attached hydrogen (secondary N) is 1. The lowest BCUT2D eigenvalue weighted by molar-refractivity contribution is 0.0876. The SMILES string of the molecule is CCNCc1ccc(N(CC)CC(C)(C)O)cc1C. The second-order valence-corrected chi connectivity index (χ2v) is 5.72. The van der Waals surface area contributed by atoms with E-state index in [1.807, 2.05) is 13.8 Å². The Labute approximate surface area is 117 Å². The van der Waals surface area contributed by atoms with Crippen molar-refractivity contribution < 1.29 is 5.11 Å². The molecule has 19 heavy (non-hydrogen) atoms. The Morgan fingerprint density at radius 1 is 1.26 bits per heavy atom. The predicted octanol–water partition coefficient (Wildman–Crippen LogP) is 2.70. The molecular weight excluding hydrogens is 236 g/mol. The maximum Gasteiger partial charge on any atom is 0.0765 e. The molecule has 0 fully saturated rings. The molecule has 2 N–H and O–H groups in total. The molecule has 1 aromatic carbocycles. The van der Waals surface area contributed by atoms with Gasteiger partial charge in [-0.2, -0.15) is 0 Å². The Morgan fingerprint density at radius 2 is 1.95 bits per heavy atom. The van der Waals surface area contributed by atoms with E-state index in [4.69, 9.17) is 0 Å². The first kappa shape index (κ1) is 16.0. The lowest BCUT2D eigenvalue weighted by Gasteiger charge is -2.30. The van der Waals surface area contributed by atoms with E-state index in [0.29, 0.717) is 6.54 Å². The summed E-state index contributed by atoms with van der Waals surface area (Å²) in [5, 5.41) is 13.3. The minimum atomic E-state index is -0.674. The highest BCUT2D eigenvalue weighted by molar-refractivity contribution is 5.51. The standard InChI is InChI=1S/C16H28N2O/c1-6-17-11-14-8-9-15(10-13(14)3)18(7-2)12-16(4,5)19/h8-10,17,19H,6-7,11-12H2,1-5H3. The number of rotatable bonds is 7. The molecule has 0 aliphatic carbocycles. The molecule has 0 saturated carbocycles. The van der Waals surface area contributed by atoms with Crippen molar-refractivity contribution in [3.63, 3.8) is 0 Å². The molecule has 0 aromatic heterocycles. The Balaban J connectivity index is 2.85. The van der Waals surface area contributed by atoms with Crippen LogP contribution >= 0.6 is 0 Å². The average molecular weight is 264 g/mol. The van der Waals surface area contributed by atoms with E-state index in [-0.39, 0.29) is 0 Å². The Hall–Kier alpha value is -1.06. The smallest absolute Gasteiger partial charge is 0.0765 e. The molecule has 0 aliphatic rings. The van der Waals surface area contributed by atoms with Gasteiger partial charge in [0.25, 0.3) is 0 Å². The monoisotopic (exact) mass is 264 g/mol. The first-order chi connectivity index (χ1) is 8.87. The Morgan fingerprint density at radius 3 is 2.42 bits per heavy atom. The number of benzene rings is 1. The van der Waals surface area contributed by atoms with Gasteiger partial charge < -0.3 is 15.3 Å². The molecular formula is C16H28N2O. The van der Waals surface area contributed by atoms with E-state index in [1.165, 1.54) is 16.8 Å². The molecule has 0 bridgehead atoms. The summed E-state index contributed by atoms with van der Waals surface area (Å²) >= 11 is 0. The van der Waals surface area contributed by atoms with Crippen LogP contribution in [0.3, 0.4) is 0 Å². The molecule has 0 spiro atoms. The van der Waals surface area contributed by atoms with Crippen molar-refractivity contribution in [2.45, 2.75) is 46.8 Å². The van der Waals surface area contributed by atoms with Crippen LogP contribution in [0.4, 0.5) is 5.69 Å². The lowest BCUT2D eigenvalue weighted by atomic mass is 10.1. The van der Waals surface area contributed by atoms with Crippen LogP contribution in [-0.2, 0) is 6.54 Å². The fraction of sp³-hybridized carbons (Fsp3) is 0.625. The van der Waals surface area contributed by atoms with Gasteiger partial charge in [-0.25, -0.2) is 0 Å². The van der Waals surface area contributed by atoms with Crippen molar-refractivity contribution >= 4 is 5.69 Å². The summed E-state index contributed by atoms with van der Waals surface area (Å²) < 4.78 is 0. The third-order valence-corrected chi connectivity index (χ3v) is 3.22. The van der Waals surface area contributed by atoms with Gasteiger partial charge in [-0.15, -0.1) is 0 Å². The van der Waals surface area contributed by atoms with Crippen molar-refractivity contribution in [1.82, 2.24) is 5.32 Å². The van der Waals surface area contributed by atoms with Crippen molar-refractivity contribution in [1.29, 1.82) is 0 Å². The summed E-state index contributed by atoms with van der Waals surface area (Å²) in [6, 6.07) is 6.54. The highest BCUT2D eigenvalue weighted by Crippen LogP contribution is 2.21.